The molecule has 1 aliphatic rings. The Labute approximate surface area is 157 Å². The summed E-state index contributed by atoms with van der Waals surface area (Å²) in [6.07, 6.45) is 5.38. The van der Waals surface area contributed by atoms with Gasteiger partial charge in [0.2, 0.25) is 5.91 Å². The van der Waals surface area contributed by atoms with E-state index in [0.717, 1.165) is 18.4 Å². The van der Waals surface area contributed by atoms with E-state index in [1.165, 1.54) is 17.2 Å². The molecule has 0 aliphatic carbocycles. The second kappa shape index (κ2) is 7.31. The third-order valence-corrected chi connectivity index (χ3v) is 5.33. The first-order valence-corrected chi connectivity index (χ1v) is 9.32. The molecular formula is C21H23N3O3. The van der Waals surface area contributed by atoms with Crippen molar-refractivity contribution in [1.29, 1.82) is 0 Å². The number of nitrogens with one attached hydrogen (secondary N) is 2. The van der Waals surface area contributed by atoms with Crippen LogP contribution in [0.2, 0.25) is 0 Å². The van der Waals surface area contributed by atoms with E-state index in [1.54, 1.807) is 19.1 Å². The molecule has 0 spiro atoms. The van der Waals surface area contributed by atoms with E-state index in [-0.39, 0.29) is 17.6 Å². The predicted molar refractivity (Wildman–Crippen MR) is 102 cm³/mol. The molecule has 1 aliphatic heterocycles. The van der Waals surface area contributed by atoms with Gasteiger partial charge in [0.1, 0.15) is 6.04 Å². The van der Waals surface area contributed by atoms with Gasteiger partial charge in [0.05, 0.1) is 6.26 Å². The number of aromatic amines is 1. The molecular weight excluding hydrogens is 342 g/mol. The number of nitrogens with zero attached hydrogens (tertiary/aromatic N) is 1. The number of rotatable bonds is 4. The first-order valence-electron chi connectivity index (χ1n) is 9.32. The van der Waals surface area contributed by atoms with Crippen LogP contribution >= 0.6 is 0 Å². The van der Waals surface area contributed by atoms with Crippen LogP contribution < -0.4 is 5.32 Å². The van der Waals surface area contributed by atoms with Gasteiger partial charge in [-0.25, -0.2) is 0 Å². The van der Waals surface area contributed by atoms with Gasteiger partial charge in [-0.2, -0.15) is 0 Å². The number of fused-ring (bicyclic) bond motifs is 1. The standard InChI is InChI=1S/C21H23N3O3/c1-14(23-20(25)19-7-4-12-27-19)21(26)24-10-8-15(9-11-24)17-13-22-18-6-3-2-5-16(17)18/h2-7,12-15,22H,8-11H2,1H3,(H,23,25)/t14-/m1/s1. The number of benzene rings is 1. The summed E-state index contributed by atoms with van der Waals surface area (Å²) < 4.78 is 5.07. The fourth-order valence-electron chi connectivity index (χ4n) is 3.85. The van der Waals surface area contributed by atoms with E-state index < -0.39 is 6.04 Å². The topological polar surface area (TPSA) is 78.3 Å². The molecule has 0 radical (unpaired) electrons. The van der Waals surface area contributed by atoms with Crippen LogP contribution in [0.25, 0.3) is 10.9 Å². The second-order valence-corrected chi connectivity index (χ2v) is 7.06. The molecule has 6 nitrogen and oxygen atoms in total. The zero-order valence-corrected chi connectivity index (χ0v) is 15.3. The van der Waals surface area contributed by atoms with Crippen molar-refractivity contribution in [2.75, 3.05) is 13.1 Å². The van der Waals surface area contributed by atoms with Gasteiger partial charge < -0.3 is 19.6 Å². The summed E-state index contributed by atoms with van der Waals surface area (Å²) in [5.74, 6) is 0.243. The summed E-state index contributed by atoms with van der Waals surface area (Å²) >= 11 is 0. The monoisotopic (exact) mass is 365 g/mol. The van der Waals surface area contributed by atoms with Crippen LogP contribution in [-0.2, 0) is 4.79 Å². The molecule has 6 heteroatoms. The largest absolute Gasteiger partial charge is 0.459 e. The molecule has 140 valence electrons. The number of para-hydroxylation sites is 1. The molecule has 2 aromatic heterocycles. The van der Waals surface area contributed by atoms with Gasteiger partial charge in [-0.1, -0.05) is 18.2 Å². The van der Waals surface area contributed by atoms with E-state index in [4.69, 9.17) is 4.42 Å². The van der Waals surface area contributed by atoms with Gasteiger partial charge in [0.15, 0.2) is 5.76 Å². The Bertz CT molecular complexity index is 937. The molecule has 0 saturated carbocycles. The molecule has 3 aromatic rings. The van der Waals surface area contributed by atoms with Crippen LogP contribution in [0, 0.1) is 0 Å². The molecule has 1 atom stereocenters. The number of aromatic nitrogens is 1. The number of hydrogen-bond acceptors (Lipinski definition) is 3. The maximum Gasteiger partial charge on any atom is 0.287 e. The maximum atomic E-state index is 12.7. The molecule has 0 bridgehead atoms. The van der Waals surface area contributed by atoms with Crippen LogP contribution in [0.4, 0.5) is 0 Å². The molecule has 27 heavy (non-hydrogen) atoms. The lowest BCUT2D eigenvalue weighted by Crippen LogP contribution is -2.49. The summed E-state index contributed by atoms with van der Waals surface area (Å²) in [5, 5.41) is 3.98. The van der Waals surface area contributed by atoms with Crippen LogP contribution in [0.5, 0.6) is 0 Å². The lowest BCUT2D eigenvalue weighted by Gasteiger charge is -2.33. The van der Waals surface area contributed by atoms with E-state index in [1.807, 2.05) is 11.0 Å². The number of carbonyl (C=O) groups is 2. The summed E-state index contributed by atoms with van der Waals surface area (Å²) in [6, 6.07) is 11.0. The molecule has 2 N–H and O–H groups in total. The highest BCUT2D eigenvalue weighted by Crippen LogP contribution is 2.33. The number of carbonyl (C=O) groups excluding carboxylic acids is 2. The van der Waals surface area contributed by atoms with Crippen LogP contribution in [-0.4, -0.2) is 40.8 Å². The van der Waals surface area contributed by atoms with Crippen LogP contribution in [0.15, 0.2) is 53.3 Å². The van der Waals surface area contributed by atoms with Gasteiger partial charge in [-0.3, -0.25) is 9.59 Å². The number of hydrogen-bond donors (Lipinski definition) is 2. The van der Waals surface area contributed by atoms with Crippen molar-refractivity contribution in [1.82, 2.24) is 15.2 Å². The summed E-state index contributed by atoms with van der Waals surface area (Å²) in [6.45, 7) is 3.11. The summed E-state index contributed by atoms with van der Waals surface area (Å²) in [5.41, 5.74) is 2.48. The van der Waals surface area contributed by atoms with Gasteiger partial charge in [0.25, 0.3) is 5.91 Å². The Morgan fingerprint density at radius 1 is 1.19 bits per heavy atom. The highest BCUT2D eigenvalue weighted by Gasteiger charge is 2.28. The molecule has 1 aromatic carbocycles. The summed E-state index contributed by atoms with van der Waals surface area (Å²) in [7, 11) is 0. The second-order valence-electron chi connectivity index (χ2n) is 7.06. The predicted octanol–water partition coefficient (Wildman–Crippen LogP) is 3.29. The smallest absolute Gasteiger partial charge is 0.287 e. The van der Waals surface area contributed by atoms with Gasteiger partial charge in [-0.15, -0.1) is 0 Å². The van der Waals surface area contributed by atoms with Crippen molar-refractivity contribution in [2.24, 2.45) is 0 Å². The molecule has 1 fully saturated rings. The molecule has 0 unspecified atom stereocenters. The third-order valence-electron chi connectivity index (χ3n) is 5.33. The van der Waals surface area contributed by atoms with Crippen molar-refractivity contribution in [3.63, 3.8) is 0 Å². The van der Waals surface area contributed by atoms with Crippen LogP contribution in [0.1, 0.15) is 41.8 Å². The fourth-order valence-corrected chi connectivity index (χ4v) is 3.85. The highest BCUT2D eigenvalue weighted by atomic mass is 16.3. The molecule has 4 rings (SSSR count). The molecule has 1 saturated heterocycles. The Balaban J connectivity index is 1.36. The number of likely N-dealkylation sites (tertiary alicyclic amines) is 1. The van der Waals surface area contributed by atoms with Crippen molar-refractivity contribution in [3.8, 4) is 0 Å². The van der Waals surface area contributed by atoms with E-state index >= 15 is 0 Å². The third kappa shape index (κ3) is 3.47. The number of furan rings is 1. The molecule has 3 heterocycles. The minimum absolute atomic E-state index is 0.0488. The first kappa shape index (κ1) is 17.4. The Hall–Kier alpha value is -3.02. The Morgan fingerprint density at radius 2 is 1.96 bits per heavy atom. The maximum absolute atomic E-state index is 12.7. The first-order chi connectivity index (χ1) is 13.1. The van der Waals surface area contributed by atoms with Crippen molar-refractivity contribution in [3.05, 3.63) is 60.2 Å². The SMILES string of the molecule is C[C@@H](NC(=O)c1ccco1)C(=O)N1CCC(c2c[nH]c3ccccc23)CC1. The van der Waals surface area contributed by atoms with Crippen LogP contribution in [0.3, 0.4) is 0 Å². The Morgan fingerprint density at radius 3 is 2.70 bits per heavy atom. The lowest BCUT2D eigenvalue weighted by molar-refractivity contribution is -0.133. The minimum atomic E-state index is -0.577. The normalized spacial score (nSPS) is 16.4. The zero-order chi connectivity index (χ0) is 18.8. The number of amides is 2. The Kier molecular flexibility index (Phi) is 4.71. The van der Waals surface area contributed by atoms with Gasteiger partial charge in [0, 0.05) is 30.2 Å². The quantitative estimate of drug-likeness (QED) is 0.745. The number of H-pyrrole nitrogens is 1. The zero-order valence-electron chi connectivity index (χ0n) is 15.3. The van der Waals surface area contributed by atoms with E-state index in [2.05, 4.69) is 34.7 Å². The fraction of sp³-hybridized carbons (Fsp3) is 0.333. The van der Waals surface area contributed by atoms with E-state index in [9.17, 15) is 9.59 Å². The van der Waals surface area contributed by atoms with Crippen molar-refractivity contribution >= 4 is 22.7 Å². The highest BCUT2D eigenvalue weighted by molar-refractivity contribution is 5.95. The number of piperidine rings is 1. The lowest BCUT2D eigenvalue weighted by atomic mass is 9.89. The average Bonchev–Trinajstić information content (AvgIpc) is 3.37. The van der Waals surface area contributed by atoms with Gasteiger partial charge in [-0.05, 0) is 49.4 Å². The average molecular weight is 365 g/mol. The van der Waals surface area contributed by atoms with Crippen molar-refractivity contribution in [2.45, 2.75) is 31.7 Å². The van der Waals surface area contributed by atoms with Gasteiger partial charge >= 0.3 is 0 Å². The molecule has 2 amide bonds. The van der Waals surface area contributed by atoms with Crippen molar-refractivity contribution < 1.29 is 14.0 Å². The summed E-state index contributed by atoms with van der Waals surface area (Å²) in [4.78, 5) is 29.9. The van der Waals surface area contributed by atoms with E-state index in [0.29, 0.717) is 19.0 Å². The minimum Gasteiger partial charge on any atom is -0.459 e.